The molecule has 9 heteroatoms. The first kappa shape index (κ1) is 24.3. The zero-order chi connectivity index (χ0) is 26.1. The Kier molecular flexibility index (Phi) is 6.54. The number of carbonyl (C=O) groups is 2. The number of hydrogen-bond donors (Lipinski definition) is 2. The number of nitrogens with zero attached hydrogens (tertiary/aromatic N) is 2. The minimum Gasteiger partial charge on any atom is -0.454 e. The third-order valence-corrected chi connectivity index (χ3v) is 6.31. The molecule has 0 bridgehead atoms. The Morgan fingerprint density at radius 1 is 1.00 bits per heavy atom. The van der Waals surface area contributed by atoms with Crippen LogP contribution in [-0.2, 0) is 9.59 Å². The van der Waals surface area contributed by atoms with E-state index >= 15 is 0 Å². The van der Waals surface area contributed by atoms with Gasteiger partial charge in [0.25, 0.3) is 5.91 Å². The van der Waals surface area contributed by atoms with Gasteiger partial charge in [-0.1, -0.05) is 0 Å². The van der Waals surface area contributed by atoms with E-state index in [0.29, 0.717) is 58.2 Å². The zero-order valence-corrected chi connectivity index (χ0v) is 20.8. The molecule has 37 heavy (non-hydrogen) atoms. The summed E-state index contributed by atoms with van der Waals surface area (Å²) in [5.41, 5.74) is 4.08. The Morgan fingerprint density at radius 2 is 1.76 bits per heavy atom. The smallest absolute Gasteiger partial charge is 0.258 e. The van der Waals surface area contributed by atoms with Crippen molar-refractivity contribution in [1.82, 2.24) is 4.90 Å². The summed E-state index contributed by atoms with van der Waals surface area (Å²) in [7, 11) is 5.61. The van der Waals surface area contributed by atoms with Gasteiger partial charge in [-0.25, -0.2) is 4.39 Å². The van der Waals surface area contributed by atoms with Gasteiger partial charge < -0.3 is 29.9 Å². The van der Waals surface area contributed by atoms with Crippen LogP contribution in [0.1, 0.15) is 17.5 Å². The largest absolute Gasteiger partial charge is 0.454 e. The molecule has 0 aromatic heterocycles. The molecule has 2 amide bonds. The lowest BCUT2D eigenvalue weighted by molar-refractivity contribution is -0.118. The number of carbonyl (C=O) groups excluding carboxylic acids is 2. The van der Waals surface area contributed by atoms with Gasteiger partial charge in [0.2, 0.25) is 12.7 Å². The standard InChI is InChI=1S/C28H27FN4O4/c1-32(2)13-12-25(34)33(3)20-8-6-19(7-9-20)30-27(17-4-11-23-24(14-17)37-16-36-23)26-21-10-5-18(29)15-22(21)31-28(26)35/h4-11,14-15,30H,12-13,16H2,1-3H3,(H,31,35)/b27-26-. The van der Waals surface area contributed by atoms with Crippen molar-refractivity contribution < 1.29 is 23.5 Å². The maximum atomic E-state index is 13.8. The number of rotatable bonds is 7. The van der Waals surface area contributed by atoms with Crippen LogP contribution in [-0.4, -0.2) is 51.2 Å². The van der Waals surface area contributed by atoms with Crippen molar-refractivity contribution in [2.24, 2.45) is 0 Å². The molecule has 3 aromatic rings. The van der Waals surface area contributed by atoms with Gasteiger partial charge in [-0.05, 0) is 74.8 Å². The Hall–Kier alpha value is -4.37. The molecule has 0 saturated heterocycles. The highest BCUT2D eigenvalue weighted by molar-refractivity contribution is 6.37. The highest BCUT2D eigenvalue weighted by atomic mass is 19.1. The number of benzene rings is 3. The molecule has 0 unspecified atom stereocenters. The second kappa shape index (κ2) is 9.94. The molecule has 2 aliphatic heterocycles. The van der Waals surface area contributed by atoms with Crippen molar-refractivity contribution in [3.05, 3.63) is 77.6 Å². The Morgan fingerprint density at radius 3 is 2.51 bits per heavy atom. The maximum absolute atomic E-state index is 13.8. The van der Waals surface area contributed by atoms with Crippen LogP contribution in [0.4, 0.5) is 21.5 Å². The first-order valence-corrected chi connectivity index (χ1v) is 11.8. The molecule has 5 rings (SSSR count). The molecule has 2 aliphatic rings. The van der Waals surface area contributed by atoms with Crippen LogP contribution in [0.25, 0.3) is 11.3 Å². The molecule has 0 saturated carbocycles. The van der Waals surface area contributed by atoms with Crippen molar-refractivity contribution in [3.63, 3.8) is 0 Å². The second-order valence-corrected chi connectivity index (χ2v) is 9.14. The Labute approximate surface area is 214 Å². The first-order chi connectivity index (χ1) is 17.8. The molecule has 0 aliphatic carbocycles. The number of hydrogen-bond acceptors (Lipinski definition) is 6. The molecular formula is C28H27FN4O4. The fourth-order valence-corrected chi connectivity index (χ4v) is 4.27. The van der Waals surface area contributed by atoms with Crippen LogP contribution in [0.2, 0.25) is 0 Å². The third-order valence-electron chi connectivity index (χ3n) is 6.31. The van der Waals surface area contributed by atoms with E-state index < -0.39 is 5.82 Å². The molecule has 0 radical (unpaired) electrons. The maximum Gasteiger partial charge on any atom is 0.258 e. The summed E-state index contributed by atoms with van der Waals surface area (Å²) >= 11 is 0. The lowest BCUT2D eigenvalue weighted by atomic mass is 9.99. The lowest BCUT2D eigenvalue weighted by Crippen LogP contribution is -2.29. The van der Waals surface area contributed by atoms with E-state index in [1.54, 1.807) is 30.1 Å². The van der Waals surface area contributed by atoms with E-state index in [9.17, 15) is 14.0 Å². The van der Waals surface area contributed by atoms with E-state index in [1.165, 1.54) is 12.1 Å². The SMILES string of the molecule is CN(C)CCC(=O)N(C)c1ccc(N/C(=C2\C(=O)Nc3cc(F)ccc32)c2ccc3c(c2)OCO3)cc1. The molecule has 2 heterocycles. The van der Waals surface area contributed by atoms with E-state index in [4.69, 9.17) is 9.47 Å². The van der Waals surface area contributed by atoms with Crippen LogP contribution in [0.15, 0.2) is 60.7 Å². The van der Waals surface area contributed by atoms with Crippen molar-refractivity contribution in [2.75, 3.05) is 50.0 Å². The zero-order valence-electron chi connectivity index (χ0n) is 20.8. The highest BCUT2D eigenvalue weighted by Crippen LogP contribution is 2.41. The van der Waals surface area contributed by atoms with Crippen molar-refractivity contribution >= 4 is 40.1 Å². The van der Waals surface area contributed by atoms with E-state index in [1.807, 2.05) is 49.3 Å². The van der Waals surface area contributed by atoms with Crippen LogP contribution in [0, 0.1) is 5.82 Å². The molecular weight excluding hydrogens is 475 g/mol. The van der Waals surface area contributed by atoms with Crippen molar-refractivity contribution in [2.45, 2.75) is 6.42 Å². The number of nitrogens with one attached hydrogen (secondary N) is 2. The minimum absolute atomic E-state index is 0.0176. The first-order valence-electron chi connectivity index (χ1n) is 11.8. The van der Waals surface area contributed by atoms with Crippen molar-refractivity contribution in [3.8, 4) is 11.5 Å². The summed E-state index contributed by atoms with van der Waals surface area (Å²) in [6, 6.07) is 17.0. The molecule has 190 valence electrons. The normalized spacial score (nSPS) is 14.9. The third kappa shape index (κ3) is 4.99. The highest BCUT2D eigenvalue weighted by Gasteiger charge is 2.29. The van der Waals surface area contributed by atoms with Crippen LogP contribution in [0.5, 0.6) is 11.5 Å². The number of anilines is 3. The van der Waals surface area contributed by atoms with Gasteiger partial charge in [-0.2, -0.15) is 0 Å². The van der Waals surface area contributed by atoms with Crippen molar-refractivity contribution in [1.29, 1.82) is 0 Å². The number of halogens is 1. The average Bonchev–Trinajstić information content (AvgIpc) is 3.48. The van der Waals surface area contributed by atoms with Crippen LogP contribution >= 0.6 is 0 Å². The van der Waals surface area contributed by atoms with Gasteiger partial charge in [0, 0.05) is 42.5 Å². The molecule has 2 N–H and O–H groups in total. The van der Waals surface area contributed by atoms with Gasteiger partial charge in [-0.15, -0.1) is 0 Å². The van der Waals surface area contributed by atoms with Gasteiger partial charge in [0.1, 0.15) is 5.82 Å². The monoisotopic (exact) mass is 502 g/mol. The molecule has 8 nitrogen and oxygen atoms in total. The summed E-state index contributed by atoms with van der Waals surface area (Å²) in [5, 5.41) is 6.12. The second-order valence-electron chi connectivity index (χ2n) is 9.14. The average molecular weight is 503 g/mol. The van der Waals surface area contributed by atoms with E-state index in [2.05, 4.69) is 10.6 Å². The minimum atomic E-state index is -0.433. The Balaban J connectivity index is 1.49. The van der Waals surface area contributed by atoms with E-state index in [0.717, 1.165) is 5.69 Å². The molecule has 3 aromatic carbocycles. The van der Waals surface area contributed by atoms with Gasteiger partial charge in [0.15, 0.2) is 11.5 Å². The van der Waals surface area contributed by atoms with Crippen LogP contribution in [0.3, 0.4) is 0 Å². The molecule has 0 spiro atoms. The summed E-state index contributed by atoms with van der Waals surface area (Å²) in [6.45, 7) is 0.797. The predicted octanol–water partition coefficient (Wildman–Crippen LogP) is 4.40. The topological polar surface area (TPSA) is 83.1 Å². The van der Waals surface area contributed by atoms with Gasteiger partial charge in [-0.3, -0.25) is 9.59 Å². The lowest BCUT2D eigenvalue weighted by Gasteiger charge is -2.20. The summed E-state index contributed by atoms with van der Waals surface area (Å²) in [4.78, 5) is 29.2. The van der Waals surface area contributed by atoms with Gasteiger partial charge >= 0.3 is 0 Å². The summed E-state index contributed by atoms with van der Waals surface area (Å²) < 4.78 is 24.8. The Bertz CT molecular complexity index is 1400. The van der Waals surface area contributed by atoms with Gasteiger partial charge in [0.05, 0.1) is 17.0 Å². The summed E-state index contributed by atoms with van der Waals surface area (Å²) in [5.74, 6) is 0.437. The quantitative estimate of drug-likeness (QED) is 0.466. The molecule has 0 fully saturated rings. The van der Waals surface area contributed by atoms with Crippen LogP contribution < -0.4 is 25.0 Å². The fraction of sp³-hybridized carbons (Fsp3) is 0.214. The van der Waals surface area contributed by atoms with E-state index in [-0.39, 0.29) is 18.6 Å². The predicted molar refractivity (Wildman–Crippen MR) is 141 cm³/mol. The number of ether oxygens (including phenoxy) is 2. The fourth-order valence-electron chi connectivity index (χ4n) is 4.27. The number of amides is 2. The summed E-state index contributed by atoms with van der Waals surface area (Å²) in [6.07, 6.45) is 0.416. The molecule has 0 atom stereocenters. The number of fused-ring (bicyclic) bond motifs is 2.